The van der Waals surface area contributed by atoms with E-state index in [9.17, 15) is 0 Å². The molecule has 1 aromatic carbocycles. The number of rotatable bonds is 2. The van der Waals surface area contributed by atoms with Crippen molar-refractivity contribution >= 4 is 28.7 Å². The summed E-state index contributed by atoms with van der Waals surface area (Å²) in [5, 5.41) is 3.16. The summed E-state index contributed by atoms with van der Waals surface area (Å²) in [5.74, 6) is 1.72. The number of para-hydroxylation sites is 1. The second-order valence-corrected chi connectivity index (χ2v) is 4.75. The molecule has 1 aliphatic heterocycles. The van der Waals surface area contributed by atoms with Crippen molar-refractivity contribution in [3.05, 3.63) is 41.9 Å². The number of aromatic nitrogens is 2. The van der Waals surface area contributed by atoms with Crippen LogP contribution >= 0.6 is 12.2 Å². The van der Waals surface area contributed by atoms with Crippen molar-refractivity contribution in [2.24, 2.45) is 0 Å². The molecule has 4 nitrogen and oxygen atoms in total. The van der Waals surface area contributed by atoms with Gasteiger partial charge in [0, 0.05) is 18.7 Å². The van der Waals surface area contributed by atoms with Crippen molar-refractivity contribution in [1.29, 1.82) is 0 Å². The third-order valence-electron chi connectivity index (χ3n) is 3.11. The first kappa shape index (κ1) is 11.2. The number of hydrogen-bond donors (Lipinski definition) is 2. The summed E-state index contributed by atoms with van der Waals surface area (Å²) in [6.07, 6.45) is 2.10. The van der Waals surface area contributed by atoms with Crippen LogP contribution in [0.4, 0.5) is 11.5 Å². The summed E-state index contributed by atoms with van der Waals surface area (Å²) in [6, 6.07) is 9.81. The predicted molar refractivity (Wildman–Crippen MR) is 76.7 cm³/mol. The van der Waals surface area contributed by atoms with E-state index >= 15 is 0 Å². The van der Waals surface area contributed by atoms with Gasteiger partial charge < -0.3 is 15.6 Å². The average Bonchev–Trinajstić information content (AvgIpc) is 2.94. The third-order valence-corrected chi connectivity index (χ3v) is 3.41. The lowest BCUT2D eigenvalue weighted by molar-refractivity contribution is 0.758. The van der Waals surface area contributed by atoms with E-state index in [1.165, 1.54) is 0 Å². The number of benzene rings is 1. The first-order valence-electron chi connectivity index (χ1n) is 5.97. The second-order valence-electron chi connectivity index (χ2n) is 4.34. The van der Waals surface area contributed by atoms with E-state index < -0.39 is 0 Å². The fourth-order valence-electron chi connectivity index (χ4n) is 2.23. The molecule has 0 fully saturated rings. The van der Waals surface area contributed by atoms with Gasteiger partial charge in [-0.3, -0.25) is 0 Å². The number of imidazole rings is 1. The predicted octanol–water partition coefficient (Wildman–Crippen LogP) is 2.20. The molecular weight excluding hydrogens is 244 g/mol. The van der Waals surface area contributed by atoms with Crippen LogP contribution in [0.2, 0.25) is 0 Å². The van der Waals surface area contributed by atoms with Gasteiger partial charge in [-0.1, -0.05) is 30.4 Å². The SMILES string of the molecule is Nc1c(C(=S)Nc2ccccc2)nc2n1CCC2. The van der Waals surface area contributed by atoms with Crippen molar-refractivity contribution < 1.29 is 0 Å². The topological polar surface area (TPSA) is 55.9 Å². The summed E-state index contributed by atoms with van der Waals surface area (Å²) < 4.78 is 2.05. The Hall–Kier alpha value is -1.88. The molecule has 18 heavy (non-hydrogen) atoms. The van der Waals surface area contributed by atoms with E-state index in [0.717, 1.165) is 30.9 Å². The number of hydrogen-bond acceptors (Lipinski definition) is 3. The molecule has 5 heteroatoms. The van der Waals surface area contributed by atoms with Crippen molar-refractivity contribution in [3.63, 3.8) is 0 Å². The highest BCUT2D eigenvalue weighted by Crippen LogP contribution is 2.23. The van der Waals surface area contributed by atoms with Crippen LogP contribution in [-0.4, -0.2) is 14.5 Å². The Balaban J connectivity index is 1.85. The van der Waals surface area contributed by atoms with Crippen molar-refractivity contribution in [2.45, 2.75) is 19.4 Å². The van der Waals surface area contributed by atoms with Crippen LogP contribution < -0.4 is 11.1 Å². The second kappa shape index (κ2) is 4.42. The van der Waals surface area contributed by atoms with Crippen LogP contribution in [0.1, 0.15) is 17.9 Å². The monoisotopic (exact) mass is 258 g/mol. The lowest BCUT2D eigenvalue weighted by atomic mass is 10.3. The highest BCUT2D eigenvalue weighted by molar-refractivity contribution is 7.81. The standard InChI is InChI=1S/C13H14N4S/c14-12-11(16-10-7-4-8-17(10)12)13(18)15-9-5-2-1-3-6-9/h1-3,5-6H,4,7-8,14H2,(H,15,18). The molecule has 0 unspecified atom stereocenters. The van der Waals surface area contributed by atoms with Gasteiger partial charge in [0.05, 0.1) is 0 Å². The summed E-state index contributed by atoms with van der Waals surface area (Å²) in [7, 11) is 0. The van der Waals surface area contributed by atoms with Crippen LogP contribution in [0.25, 0.3) is 0 Å². The zero-order valence-corrected chi connectivity index (χ0v) is 10.7. The Bertz CT molecular complexity index is 589. The first-order valence-corrected chi connectivity index (χ1v) is 6.38. The van der Waals surface area contributed by atoms with Gasteiger partial charge in [-0.2, -0.15) is 0 Å². The van der Waals surface area contributed by atoms with Crippen LogP contribution in [-0.2, 0) is 13.0 Å². The van der Waals surface area contributed by atoms with Crippen LogP contribution in [0, 0.1) is 0 Å². The van der Waals surface area contributed by atoms with Gasteiger partial charge in [-0.25, -0.2) is 4.98 Å². The summed E-state index contributed by atoms with van der Waals surface area (Å²) in [4.78, 5) is 5.10. The minimum Gasteiger partial charge on any atom is -0.383 e. The van der Waals surface area contributed by atoms with E-state index in [4.69, 9.17) is 18.0 Å². The molecule has 3 rings (SSSR count). The van der Waals surface area contributed by atoms with E-state index in [0.29, 0.717) is 16.5 Å². The molecule has 0 saturated heterocycles. The van der Waals surface area contributed by atoms with Crippen molar-refractivity contribution in [1.82, 2.24) is 9.55 Å². The van der Waals surface area contributed by atoms with Crippen LogP contribution in [0.3, 0.4) is 0 Å². The number of fused-ring (bicyclic) bond motifs is 1. The molecule has 0 bridgehead atoms. The van der Waals surface area contributed by atoms with Gasteiger partial charge in [0.1, 0.15) is 22.3 Å². The van der Waals surface area contributed by atoms with E-state index in [-0.39, 0.29) is 0 Å². The molecule has 0 radical (unpaired) electrons. The highest BCUT2D eigenvalue weighted by atomic mass is 32.1. The van der Waals surface area contributed by atoms with Gasteiger partial charge >= 0.3 is 0 Å². The molecule has 1 aliphatic rings. The van der Waals surface area contributed by atoms with Crippen LogP contribution in [0.5, 0.6) is 0 Å². The van der Waals surface area contributed by atoms with Gasteiger partial charge in [0.15, 0.2) is 0 Å². The smallest absolute Gasteiger partial charge is 0.140 e. The largest absolute Gasteiger partial charge is 0.383 e. The van der Waals surface area contributed by atoms with Gasteiger partial charge in [0.2, 0.25) is 0 Å². The van der Waals surface area contributed by atoms with Crippen molar-refractivity contribution in [2.75, 3.05) is 11.1 Å². The maximum atomic E-state index is 6.08. The average molecular weight is 258 g/mol. The molecule has 0 aliphatic carbocycles. The van der Waals surface area contributed by atoms with Crippen LogP contribution in [0.15, 0.2) is 30.3 Å². The Kier molecular flexibility index (Phi) is 2.76. The van der Waals surface area contributed by atoms with E-state index in [2.05, 4.69) is 10.3 Å². The van der Waals surface area contributed by atoms with E-state index in [1.54, 1.807) is 0 Å². The lowest BCUT2D eigenvalue weighted by Crippen LogP contribution is -2.14. The zero-order chi connectivity index (χ0) is 12.5. The first-order chi connectivity index (χ1) is 8.75. The number of anilines is 2. The number of nitrogens with two attached hydrogens (primary N) is 1. The molecule has 92 valence electrons. The number of nitrogens with zero attached hydrogens (tertiary/aromatic N) is 2. The normalized spacial score (nSPS) is 13.3. The fraction of sp³-hybridized carbons (Fsp3) is 0.231. The Morgan fingerprint density at radius 2 is 2.11 bits per heavy atom. The van der Waals surface area contributed by atoms with Gasteiger partial charge in [-0.05, 0) is 18.6 Å². The van der Waals surface area contributed by atoms with Gasteiger partial charge in [-0.15, -0.1) is 0 Å². The summed E-state index contributed by atoms with van der Waals surface area (Å²) in [6.45, 7) is 0.947. The molecule has 2 heterocycles. The van der Waals surface area contributed by atoms with E-state index in [1.807, 2.05) is 34.9 Å². The molecule has 0 saturated carbocycles. The number of thiocarbonyl (C=S) groups is 1. The van der Waals surface area contributed by atoms with Crippen molar-refractivity contribution in [3.8, 4) is 0 Å². The fourth-order valence-corrected chi connectivity index (χ4v) is 2.50. The number of nitrogens with one attached hydrogen (secondary N) is 1. The molecule has 1 aromatic heterocycles. The maximum absolute atomic E-state index is 6.08. The molecule has 0 atom stereocenters. The number of nitrogen functional groups attached to an aromatic ring is 1. The summed E-state index contributed by atoms with van der Waals surface area (Å²) >= 11 is 5.37. The Morgan fingerprint density at radius 3 is 2.83 bits per heavy atom. The quantitative estimate of drug-likeness (QED) is 0.811. The molecule has 3 N–H and O–H groups in total. The Morgan fingerprint density at radius 1 is 1.33 bits per heavy atom. The minimum atomic E-state index is 0.584. The summed E-state index contributed by atoms with van der Waals surface area (Å²) in [5.41, 5.74) is 7.73. The lowest BCUT2D eigenvalue weighted by Gasteiger charge is -2.07. The highest BCUT2D eigenvalue weighted by Gasteiger charge is 2.21. The minimum absolute atomic E-state index is 0.584. The number of aryl methyl sites for hydroxylation is 1. The molecule has 0 amide bonds. The van der Waals surface area contributed by atoms with Gasteiger partial charge in [0.25, 0.3) is 0 Å². The molecule has 2 aromatic rings. The zero-order valence-electron chi connectivity index (χ0n) is 9.89. The Labute approximate surface area is 111 Å². The molecule has 0 spiro atoms. The molecular formula is C13H14N4S. The maximum Gasteiger partial charge on any atom is 0.140 e. The third kappa shape index (κ3) is 1.86.